The number of nitrogens with zero attached hydrogens (tertiary/aromatic N) is 2. The van der Waals surface area contributed by atoms with Gasteiger partial charge in [0.15, 0.2) is 0 Å². The molecule has 2 rings (SSSR count). The molecule has 0 amide bonds. The van der Waals surface area contributed by atoms with Crippen molar-refractivity contribution >= 4 is 17.0 Å². The number of hydrogen-bond acceptors (Lipinski definition) is 4. The number of rotatable bonds is 7. The largest absolute Gasteiger partial charge is 0.468 e. The van der Waals surface area contributed by atoms with Crippen molar-refractivity contribution in [1.82, 2.24) is 14.9 Å². The Labute approximate surface area is 118 Å². The first-order valence-electron chi connectivity index (χ1n) is 6.97. The van der Waals surface area contributed by atoms with E-state index >= 15 is 0 Å². The van der Waals surface area contributed by atoms with Crippen molar-refractivity contribution in [2.24, 2.45) is 0 Å². The molecule has 0 aliphatic rings. The van der Waals surface area contributed by atoms with E-state index in [1.807, 2.05) is 30.6 Å². The summed E-state index contributed by atoms with van der Waals surface area (Å²) >= 11 is 0. The fraction of sp³-hybridized carbons (Fsp3) is 0.467. The third-order valence-electron chi connectivity index (χ3n) is 3.31. The molecular formula is C15H21N3O2. The first-order valence-corrected chi connectivity index (χ1v) is 6.97. The second kappa shape index (κ2) is 7.05. The highest BCUT2D eigenvalue weighted by atomic mass is 16.5. The summed E-state index contributed by atoms with van der Waals surface area (Å²) in [6, 6.07) is 7.72. The normalized spacial score (nSPS) is 12.5. The number of fused-ring (bicyclic) bond motifs is 1. The fourth-order valence-corrected chi connectivity index (χ4v) is 2.22. The van der Waals surface area contributed by atoms with Gasteiger partial charge < -0.3 is 14.6 Å². The highest BCUT2D eigenvalue weighted by Crippen LogP contribution is 2.12. The van der Waals surface area contributed by atoms with Crippen molar-refractivity contribution in [2.75, 3.05) is 13.7 Å². The van der Waals surface area contributed by atoms with Crippen LogP contribution in [-0.2, 0) is 16.1 Å². The Morgan fingerprint density at radius 1 is 1.45 bits per heavy atom. The van der Waals surface area contributed by atoms with Crippen LogP contribution in [0.4, 0.5) is 0 Å². The summed E-state index contributed by atoms with van der Waals surface area (Å²) in [7, 11) is 1.43. The van der Waals surface area contributed by atoms with E-state index in [1.54, 1.807) is 0 Å². The molecule has 1 aromatic carbocycles. The van der Waals surface area contributed by atoms with Crippen LogP contribution in [0.25, 0.3) is 11.0 Å². The van der Waals surface area contributed by atoms with Gasteiger partial charge in [0.05, 0.1) is 24.5 Å². The maximum atomic E-state index is 11.7. The molecule has 1 atom stereocenters. The van der Waals surface area contributed by atoms with Crippen LogP contribution >= 0.6 is 0 Å². The Hall–Kier alpha value is -1.88. The average Bonchev–Trinajstić information content (AvgIpc) is 2.90. The lowest BCUT2D eigenvalue weighted by Gasteiger charge is -2.16. The first-order chi connectivity index (χ1) is 9.76. The lowest BCUT2D eigenvalue weighted by Crippen LogP contribution is -2.38. The van der Waals surface area contributed by atoms with Crippen LogP contribution in [0.5, 0.6) is 0 Å². The van der Waals surface area contributed by atoms with Crippen molar-refractivity contribution in [3.63, 3.8) is 0 Å². The Balaban J connectivity index is 2.03. The number of ether oxygens (including phenoxy) is 1. The molecule has 1 aromatic heterocycles. The van der Waals surface area contributed by atoms with Crippen LogP contribution < -0.4 is 5.32 Å². The molecule has 0 fully saturated rings. The second-order valence-electron chi connectivity index (χ2n) is 4.75. The molecule has 0 saturated heterocycles. The summed E-state index contributed by atoms with van der Waals surface area (Å²) in [6.45, 7) is 3.62. The van der Waals surface area contributed by atoms with Crippen molar-refractivity contribution < 1.29 is 9.53 Å². The van der Waals surface area contributed by atoms with E-state index in [1.165, 1.54) is 7.11 Å². The summed E-state index contributed by atoms with van der Waals surface area (Å²) in [5.41, 5.74) is 2.07. The number of para-hydroxylation sites is 2. The molecule has 0 radical (unpaired) electrons. The van der Waals surface area contributed by atoms with Crippen LogP contribution in [0.3, 0.4) is 0 Å². The quantitative estimate of drug-likeness (QED) is 0.785. The molecule has 5 nitrogen and oxygen atoms in total. The maximum Gasteiger partial charge on any atom is 0.322 e. The monoisotopic (exact) mass is 275 g/mol. The van der Waals surface area contributed by atoms with Gasteiger partial charge in [-0.3, -0.25) is 4.79 Å². The third-order valence-corrected chi connectivity index (χ3v) is 3.31. The number of hydrogen-bond donors (Lipinski definition) is 1. The summed E-state index contributed by atoms with van der Waals surface area (Å²) in [5, 5.41) is 3.22. The van der Waals surface area contributed by atoms with Gasteiger partial charge in [-0.2, -0.15) is 0 Å². The highest BCUT2D eigenvalue weighted by molar-refractivity contribution is 5.76. The van der Waals surface area contributed by atoms with E-state index in [2.05, 4.69) is 21.8 Å². The smallest absolute Gasteiger partial charge is 0.322 e. The standard InChI is InChI=1S/C15H21N3O2/c1-3-9-16-13(15(19)20-2)8-10-18-11-17-12-6-4-5-7-14(12)18/h4-7,11,13,16H,3,8-10H2,1-2H3. The van der Waals surface area contributed by atoms with E-state index in [0.29, 0.717) is 6.42 Å². The molecule has 1 unspecified atom stereocenters. The van der Waals surface area contributed by atoms with Gasteiger partial charge in [-0.05, 0) is 31.5 Å². The zero-order chi connectivity index (χ0) is 14.4. The van der Waals surface area contributed by atoms with Gasteiger partial charge >= 0.3 is 5.97 Å². The van der Waals surface area contributed by atoms with E-state index in [-0.39, 0.29) is 12.0 Å². The summed E-state index contributed by atoms with van der Waals surface area (Å²) in [6.07, 6.45) is 3.49. The van der Waals surface area contributed by atoms with Crippen molar-refractivity contribution in [2.45, 2.75) is 32.4 Å². The minimum atomic E-state index is -0.263. The van der Waals surface area contributed by atoms with Crippen LogP contribution in [0.1, 0.15) is 19.8 Å². The third kappa shape index (κ3) is 3.36. The number of aromatic nitrogens is 2. The van der Waals surface area contributed by atoms with Gasteiger partial charge in [-0.1, -0.05) is 19.1 Å². The number of methoxy groups -OCH3 is 1. The maximum absolute atomic E-state index is 11.7. The van der Waals surface area contributed by atoms with Crippen molar-refractivity contribution in [3.05, 3.63) is 30.6 Å². The van der Waals surface area contributed by atoms with Crippen LogP contribution in [0.15, 0.2) is 30.6 Å². The lowest BCUT2D eigenvalue weighted by atomic mass is 10.2. The Kier molecular flexibility index (Phi) is 5.12. The second-order valence-corrected chi connectivity index (χ2v) is 4.75. The molecule has 1 N–H and O–H groups in total. The van der Waals surface area contributed by atoms with Gasteiger partial charge in [0.25, 0.3) is 0 Å². The van der Waals surface area contributed by atoms with E-state index in [0.717, 1.165) is 30.5 Å². The lowest BCUT2D eigenvalue weighted by molar-refractivity contribution is -0.143. The minimum absolute atomic E-state index is 0.206. The molecule has 0 aliphatic heterocycles. The number of imidazole rings is 1. The minimum Gasteiger partial charge on any atom is -0.468 e. The molecule has 2 aromatic rings. The van der Waals surface area contributed by atoms with Gasteiger partial charge in [-0.15, -0.1) is 0 Å². The first kappa shape index (κ1) is 14.5. The number of carbonyl (C=O) groups is 1. The van der Waals surface area contributed by atoms with Gasteiger partial charge in [-0.25, -0.2) is 4.98 Å². The van der Waals surface area contributed by atoms with Crippen LogP contribution in [-0.4, -0.2) is 35.2 Å². The molecule has 0 saturated carbocycles. The predicted molar refractivity (Wildman–Crippen MR) is 78.4 cm³/mol. The average molecular weight is 275 g/mol. The zero-order valence-electron chi connectivity index (χ0n) is 12.0. The number of nitrogens with one attached hydrogen (secondary N) is 1. The molecule has 0 bridgehead atoms. The molecule has 20 heavy (non-hydrogen) atoms. The fourth-order valence-electron chi connectivity index (χ4n) is 2.22. The van der Waals surface area contributed by atoms with Gasteiger partial charge in [0, 0.05) is 6.54 Å². The zero-order valence-corrected chi connectivity index (χ0v) is 12.0. The SMILES string of the molecule is CCCNC(CCn1cnc2ccccc21)C(=O)OC. The van der Waals surface area contributed by atoms with Crippen molar-refractivity contribution in [3.8, 4) is 0 Å². The molecule has 0 aliphatic carbocycles. The van der Waals surface area contributed by atoms with Gasteiger partial charge in [0.2, 0.25) is 0 Å². The highest BCUT2D eigenvalue weighted by Gasteiger charge is 2.18. The summed E-state index contributed by atoms with van der Waals surface area (Å²) in [5.74, 6) is -0.206. The van der Waals surface area contributed by atoms with Crippen LogP contribution in [0.2, 0.25) is 0 Å². The number of carbonyl (C=O) groups excluding carboxylic acids is 1. The topological polar surface area (TPSA) is 56.2 Å². The summed E-state index contributed by atoms with van der Waals surface area (Å²) < 4.78 is 6.91. The van der Waals surface area contributed by atoms with E-state index in [4.69, 9.17) is 4.74 Å². The molecule has 5 heteroatoms. The van der Waals surface area contributed by atoms with Crippen molar-refractivity contribution in [1.29, 1.82) is 0 Å². The van der Waals surface area contributed by atoms with E-state index < -0.39 is 0 Å². The van der Waals surface area contributed by atoms with E-state index in [9.17, 15) is 4.79 Å². The Morgan fingerprint density at radius 2 is 2.25 bits per heavy atom. The molecule has 0 spiro atoms. The number of aryl methyl sites for hydroxylation is 1. The summed E-state index contributed by atoms with van der Waals surface area (Å²) in [4.78, 5) is 16.1. The Bertz CT molecular complexity index is 565. The predicted octanol–water partition coefficient (Wildman–Crippen LogP) is 1.97. The molecular weight excluding hydrogens is 254 g/mol. The molecule has 1 heterocycles. The Morgan fingerprint density at radius 3 is 3.00 bits per heavy atom. The number of esters is 1. The number of benzene rings is 1. The van der Waals surface area contributed by atoms with Crippen LogP contribution in [0, 0.1) is 0 Å². The van der Waals surface area contributed by atoms with Gasteiger partial charge in [0.1, 0.15) is 6.04 Å². The molecule has 108 valence electrons.